The number of terminal acetylenes is 1. The van der Waals surface area contributed by atoms with Gasteiger partial charge in [-0.2, -0.15) is 0 Å². The number of rotatable bonds is 3. The van der Waals surface area contributed by atoms with E-state index in [1.165, 1.54) is 0 Å². The maximum atomic E-state index is 10.8. The molecule has 0 aromatic heterocycles. The summed E-state index contributed by atoms with van der Waals surface area (Å²) in [5, 5.41) is 8.90. The van der Waals surface area contributed by atoms with Gasteiger partial charge in [0.1, 0.15) is 0 Å². The zero-order valence-electron chi connectivity index (χ0n) is 8.95. The SMILES string of the molecule is C#CCc1ccc(C(C)C(=O)O)c(C)c1. The molecule has 1 rings (SSSR count). The third-order valence-electron chi connectivity index (χ3n) is 2.48. The van der Waals surface area contributed by atoms with E-state index in [4.69, 9.17) is 11.5 Å². The average Bonchev–Trinajstić information content (AvgIpc) is 2.17. The van der Waals surface area contributed by atoms with Crippen LogP contribution in [0.15, 0.2) is 18.2 Å². The van der Waals surface area contributed by atoms with Crippen molar-refractivity contribution < 1.29 is 9.90 Å². The van der Waals surface area contributed by atoms with Crippen molar-refractivity contribution in [1.82, 2.24) is 0 Å². The molecule has 1 aromatic carbocycles. The summed E-state index contributed by atoms with van der Waals surface area (Å²) in [4.78, 5) is 10.8. The standard InChI is InChI=1S/C13H14O2/c1-4-5-11-6-7-12(9(2)8-11)10(3)13(14)15/h1,6-8,10H,5H2,2-3H3,(H,14,15). The van der Waals surface area contributed by atoms with E-state index >= 15 is 0 Å². The molecule has 1 N–H and O–H groups in total. The van der Waals surface area contributed by atoms with Gasteiger partial charge in [0.25, 0.3) is 0 Å². The monoisotopic (exact) mass is 202 g/mol. The second kappa shape index (κ2) is 4.65. The Bertz CT molecular complexity index is 413. The van der Waals surface area contributed by atoms with Gasteiger partial charge in [0.15, 0.2) is 0 Å². The van der Waals surface area contributed by atoms with Crippen LogP contribution in [0.3, 0.4) is 0 Å². The minimum atomic E-state index is -0.803. The molecule has 0 saturated heterocycles. The van der Waals surface area contributed by atoms with Crippen molar-refractivity contribution in [2.75, 3.05) is 0 Å². The van der Waals surface area contributed by atoms with Crippen LogP contribution in [0.5, 0.6) is 0 Å². The number of aryl methyl sites for hydroxylation is 1. The van der Waals surface area contributed by atoms with Gasteiger partial charge in [-0.05, 0) is 30.5 Å². The van der Waals surface area contributed by atoms with E-state index in [0.717, 1.165) is 16.7 Å². The zero-order chi connectivity index (χ0) is 11.4. The van der Waals surface area contributed by atoms with Crippen molar-refractivity contribution in [3.05, 3.63) is 34.9 Å². The van der Waals surface area contributed by atoms with Crippen molar-refractivity contribution in [1.29, 1.82) is 0 Å². The first-order chi connectivity index (χ1) is 7.06. The summed E-state index contributed by atoms with van der Waals surface area (Å²) >= 11 is 0. The van der Waals surface area contributed by atoms with Crippen molar-refractivity contribution in [3.8, 4) is 12.3 Å². The van der Waals surface area contributed by atoms with Crippen LogP contribution in [0.2, 0.25) is 0 Å². The van der Waals surface area contributed by atoms with Crippen molar-refractivity contribution in [2.24, 2.45) is 0 Å². The fraction of sp³-hybridized carbons (Fsp3) is 0.308. The molecule has 1 aromatic rings. The number of carboxylic acids is 1. The van der Waals surface area contributed by atoms with Gasteiger partial charge in [-0.1, -0.05) is 18.2 Å². The molecule has 0 aliphatic heterocycles. The van der Waals surface area contributed by atoms with Crippen molar-refractivity contribution in [2.45, 2.75) is 26.2 Å². The molecule has 15 heavy (non-hydrogen) atoms. The van der Waals surface area contributed by atoms with Crippen LogP contribution in [0.4, 0.5) is 0 Å². The summed E-state index contributed by atoms with van der Waals surface area (Å²) in [7, 11) is 0. The minimum absolute atomic E-state index is 0.468. The number of hydrogen-bond acceptors (Lipinski definition) is 1. The molecule has 0 aliphatic rings. The second-order valence-corrected chi connectivity index (χ2v) is 3.63. The smallest absolute Gasteiger partial charge is 0.310 e. The summed E-state index contributed by atoms with van der Waals surface area (Å²) in [5.41, 5.74) is 2.89. The molecular weight excluding hydrogens is 188 g/mol. The first kappa shape index (κ1) is 11.3. The number of benzene rings is 1. The van der Waals surface area contributed by atoms with E-state index in [1.54, 1.807) is 6.92 Å². The molecule has 2 heteroatoms. The molecule has 0 aliphatic carbocycles. The van der Waals surface area contributed by atoms with E-state index in [9.17, 15) is 4.79 Å². The van der Waals surface area contributed by atoms with Crippen LogP contribution in [0, 0.1) is 19.3 Å². The molecule has 0 saturated carbocycles. The van der Waals surface area contributed by atoms with Crippen molar-refractivity contribution >= 4 is 5.97 Å². The van der Waals surface area contributed by atoms with E-state index in [-0.39, 0.29) is 0 Å². The minimum Gasteiger partial charge on any atom is -0.481 e. The van der Waals surface area contributed by atoms with Crippen LogP contribution in [-0.4, -0.2) is 11.1 Å². The molecule has 0 amide bonds. The van der Waals surface area contributed by atoms with Crippen LogP contribution in [0.25, 0.3) is 0 Å². The quantitative estimate of drug-likeness (QED) is 0.764. The molecule has 1 atom stereocenters. The fourth-order valence-corrected chi connectivity index (χ4v) is 1.58. The van der Waals surface area contributed by atoms with Crippen LogP contribution in [0.1, 0.15) is 29.5 Å². The Labute approximate surface area is 89.9 Å². The lowest BCUT2D eigenvalue weighted by Crippen LogP contribution is -2.09. The Morgan fingerprint density at radius 1 is 1.60 bits per heavy atom. The molecule has 0 spiro atoms. The topological polar surface area (TPSA) is 37.3 Å². The lowest BCUT2D eigenvalue weighted by atomic mass is 9.94. The highest BCUT2D eigenvalue weighted by Crippen LogP contribution is 2.21. The van der Waals surface area contributed by atoms with E-state index in [1.807, 2.05) is 25.1 Å². The van der Waals surface area contributed by atoms with Gasteiger partial charge in [-0.25, -0.2) is 0 Å². The maximum Gasteiger partial charge on any atom is 0.310 e. The third kappa shape index (κ3) is 2.60. The van der Waals surface area contributed by atoms with Crippen LogP contribution < -0.4 is 0 Å². The molecule has 0 heterocycles. The molecule has 0 radical (unpaired) electrons. The zero-order valence-corrected chi connectivity index (χ0v) is 8.95. The summed E-state index contributed by atoms with van der Waals surface area (Å²) in [6, 6.07) is 5.69. The highest BCUT2D eigenvalue weighted by molar-refractivity contribution is 5.76. The highest BCUT2D eigenvalue weighted by Gasteiger charge is 2.15. The molecular formula is C13H14O2. The summed E-state index contributed by atoms with van der Waals surface area (Å²) < 4.78 is 0. The van der Waals surface area contributed by atoms with Crippen molar-refractivity contribution in [3.63, 3.8) is 0 Å². The summed E-state index contributed by atoms with van der Waals surface area (Å²) in [6.45, 7) is 3.60. The Hall–Kier alpha value is -1.75. The Morgan fingerprint density at radius 3 is 2.73 bits per heavy atom. The lowest BCUT2D eigenvalue weighted by molar-refractivity contribution is -0.138. The maximum absolute atomic E-state index is 10.8. The number of aliphatic carboxylic acids is 1. The van der Waals surface area contributed by atoms with E-state index in [2.05, 4.69) is 5.92 Å². The van der Waals surface area contributed by atoms with Gasteiger partial charge in [-0.15, -0.1) is 12.3 Å². The fourth-order valence-electron chi connectivity index (χ4n) is 1.58. The third-order valence-corrected chi connectivity index (χ3v) is 2.48. The number of hydrogen-bond donors (Lipinski definition) is 1. The first-order valence-corrected chi connectivity index (χ1v) is 4.82. The Kier molecular flexibility index (Phi) is 3.51. The van der Waals surface area contributed by atoms with Gasteiger partial charge in [0, 0.05) is 6.42 Å². The average molecular weight is 202 g/mol. The van der Waals surface area contributed by atoms with Crippen LogP contribution in [-0.2, 0) is 11.2 Å². The van der Waals surface area contributed by atoms with Gasteiger partial charge in [0.2, 0.25) is 0 Å². The predicted molar refractivity (Wildman–Crippen MR) is 59.8 cm³/mol. The molecule has 0 fully saturated rings. The Balaban J connectivity index is 3.03. The largest absolute Gasteiger partial charge is 0.481 e. The van der Waals surface area contributed by atoms with Crippen LogP contribution >= 0.6 is 0 Å². The predicted octanol–water partition coefficient (Wildman–Crippen LogP) is 2.36. The number of carboxylic acid groups (broad SMARTS) is 1. The lowest BCUT2D eigenvalue weighted by Gasteiger charge is -2.11. The van der Waals surface area contributed by atoms with Gasteiger partial charge in [0.05, 0.1) is 5.92 Å². The molecule has 2 nitrogen and oxygen atoms in total. The van der Waals surface area contributed by atoms with E-state index < -0.39 is 11.9 Å². The second-order valence-electron chi connectivity index (χ2n) is 3.63. The Morgan fingerprint density at radius 2 is 2.27 bits per heavy atom. The first-order valence-electron chi connectivity index (χ1n) is 4.82. The molecule has 0 bridgehead atoms. The van der Waals surface area contributed by atoms with E-state index in [0.29, 0.717) is 6.42 Å². The summed E-state index contributed by atoms with van der Waals surface area (Å²) in [5.74, 6) is 1.30. The molecule has 1 unspecified atom stereocenters. The summed E-state index contributed by atoms with van der Waals surface area (Å²) in [6.07, 6.45) is 5.80. The van der Waals surface area contributed by atoms with Gasteiger partial charge >= 0.3 is 5.97 Å². The highest BCUT2D eigenvalue weighted by atomic mass is 16.4. The van der Waals surface area contributed by atoms with Gasteiger partial charge < -0.3 is 5.11 Å². The van der Waals surface area contributed by atoms with Gasteiger partial charge in [-0.3, -0.25) is 4.79 Å². The number of carbonyl (C=O) groups is 1. The normalized spacial score (nSPS) is 11.8. The molecule has 78 valence electrons.